The van der Waals surface area contributed by atoms with Gasteiger partial charge < -0.3 is 14.5 Å². The van der Waals surface area contributed by atoms with Crippen molar-refractivity contribution in [2.45, 2.75) is 50.6 Å². The van der Waals surface area contributed by atoms with Gasteiger partial charge in [-0.05, 0) is 73.7 Å². The topological polar surface area (TPSA) is 123 Å². The molecule has 8 rings (SSSR count). The normalized spacial score (nSPS) is 20.3. The van der Waals surface area contributed by atoms with E-state index < -0.39 is 5.92 Å². The van der Waals surface area contributed by atoms with E-state index in [1.807, 2.05) is 36.0 Å². The Morgan fingerprint density at radius 1 is 0.849 bits per heavy atom. The van der Waals surface area contributed by atoms with Gasteiger partial charge in [-0.3, -0.25) is 24.5 Å². The Morgan fingerprint density at radius 2 is 1.60 bits per heavy atom. The molecule has 0 radical (unpaired) electrons. The molecule has 276 valence electrons. The molecule has 5 heterocycles. The van der Waals surface area contributed by atoms with E-state index in [1.165, 1.54) is 22.0 Å². The number of methoxy groups -OCH3 is 1. The summed E-state index contributed by atoms with van der Waals surface area (Å²) in [5.41, 5.74) is 6.60. The third-order valence-corrected chi connectivity index (χ3v) is 11.9. The Hall–Kier alpha value is -4.95. The number of carbonyl (C=O) groups excluding carboxylic acids is 2. The fourth-order valence-electron chi connectivity index (χ4n) is 8.52. The number of aromatic nitrogens is 5. The summed E-state index contributed by atoms with van der Waals surface area (Å²) in [5.74, 6) is -0.876. The second-order valence-corrected chi connectivity index (χ2v) is 15.2. The van der Waals surface area contributed by atoms with Crippen LogP contribution in [0.4, 0.5) is 11.4 Å². The molecule has 0 bridgehead atoms. The van der Waals surface area contributed by atoms with Gasteiger partial charge in [-0.1, -0.05) is 40.2 Å². The van der Waals surface area contributed by atoms with Gasteiger partial charge in [-0.15, -0.1) is 5.10 Å². The SMILES string of the molecule is COc1nn(C)c(=O)n1-c1ccc(Br)c(-c2ccc(N3CCN(C4CCN(c5cccc6c(C7CCC(=O)NC7=O)nn(C)c56)CC4)[C@@H](C)C3)cc2)c1. The molecule has 14 heteroatoms. The average Bonchev–Trinajstić information content (AvgIpc) is 3.66. The van der Waals surface area contributed by atoms with Crippen LogP contribution in [0.3, 0.4) is 0 Å². The quantitative estimate of drug-likeness (QED) is 0.236. The maximum atomic E-state index is 12.8. The molecule has 13 nitrogen and oxygen atoms in total. The lowest BCUT2D eigenvalue weighted by molar-refractivity contribution is -0.134. The number of nitrogens with zero attached hydrogens (tertiary/aromatic N) is 8. The number of fused-ring (bicyclic) bond motifs is 1. The Morgan fingerprint density at radius 3 is 2.32 bits per heavy atom. The summed E-state index contributed by atoms with van der Waals surface area (Å²) in [4.78, 5) is 44.9. The first-order valence-electron chi connectivity index (χ1n) is 18.3. The van der Waals surface area contributed by atoms with E-state index >= 15 is 0 Å². The number of anilines is 2. The minimum Gasteiger partial charge on any atom is -0.467 e. The summed E-state index contributed by atoms with van der Waals surface area (Å²) >= 11 is 3.71. The molecular formula is C39H44BrN9O4. The molecule has 2 atom stereocenters. The first-order chi connectivity index (χ1) is 25.6. The molecule has 3 aromatic carbocycles. The fraction of sp³-hybridized carbons (Fsp3) is 0.410. The van der Waals surface area contributed by atoms with Gasteiger partial charge in [0, 0.05) is 80.9 Å². The van der Waals surface area contributed by atoms with Crippen LogP contribution in [0.2, 0.25) is 0 Å². The molecule has 3 fully saturated rings. The van der Waals surface area contributed by atoms with Gasteiger partial charge >= 0.3 is 11.7 Å². The lowest BCUT2D eigenvalue weighted by atomic mass is 9.92. The number of rotatable bonds is 7. The summed E-state index contributed by atoms with van der Waals surface area (Å²) in [6.07, 6.45) is 2.99. The van der Waals surface area contributed by atoms with Gasteiger partial charge in [0.25, 0.3) is 0 Å². The number of nitrogens with one attached hydrogen (secondary N) is 1. The van der Waals surface area contributed by atoms with Crippen molar-refractivity contribution in [1.82, 2.24) is 34.3 Å². The van der Waals surface area contributed by atoms with Crippen molar-refractivity contribution >= 4 is 50.0 Å². The number of para-hydroxylation sites is 1. The van der Waals surface area contributed by atoms with Gasteiger partial charge in [0.05, 0.1) is 35.6 Å². The molecule has 2 amide bonds. The van der Waals surface area contributed by atoms with Crippen molar-refractivity contribution in [3.8, 4) is 22.8 Å². The summed E-state index contributed by atoms with van der Waals surface area (Å²) in [7, 11) is 5.07. The van der Waals surface area contributed by atoms with Gasteiger partial charge in [-0.25, -0.2) is 14.0 Å². The molecule has 0 saturated carbocycles. The van der Waals surface area contributed by atoms with E-state index in [9.17, 15) is 14.4 Å². The summed E-state index contributed by atoms with van der Waals surface area (Å²) in [6, 6.07) is 21.9. The highest BCUT2D eigenvalue weighted by Gasteiger charge is 2.35. The van der Waals surface area contributed by atoms with E-state index in [1.54, 1.807) is 7.05 Å². The number of ether oxygens (including phenoxy) is 1. The number of amides is 2. The minimum atomic E-state index is -0.411. The van der Waals surface area contributed by atoms with E-state index in [0.717, 1.165) is 83.4 Å². The number of benzene rings is 3. The van der Waals surface area contributed by atoms with E-state index in [2.05, 4.69) is 84.4 Å². The molecule has 3 aliphatic rings. The smallest absolute Gasteiger partial charge is 0.353 e. The van der Waals surface area contributed by atoms with E-state index in [4.69, 9.17) is 9.84 Å². The molecule has 53 heavy (non-hydrogen) atoms. The number of carbonyl (C=O) groups is 2. The maximum Gasteiger partial charge on any atom is 0.353 e. The lowest BCUT2D eigenvalue weighted by Crippen LogP contribution is -2.57. The van der Waals surface area contributed by atoms with Crippen LogP contribution in [-0.2, 0) is 23.7 Å². The number of piperazine rings is 1. The van der Waals surface area contributed by atoms with Crippen molar-refractivity contribution in [2.24, 2.45) is 14.1 Å². The Labute approximate surface area is 316 Å². The van der Waals surface area contributed by atoms with Crippen LogP contribution in [0.5, 0.6) is 6.01 Å². The standard InChI is InChI=1S/C39H44BrN9O4/c1-24-23-47(26-10-8-25(9-11-26)31-22-28(12-14-32(31)40)49-38(53-4)43-45(3)39(49)52)20-21-48(24)27-16-18-46(19-17-27)33-7-5-6-29-35(42-44(2)36(29)33)30-13-15-34(50)41-37(30)51/h5-12,14,22,24,27,30H,13,15-21,23H2,1-4H3,(H,41,50,51)/t24-,30?/m0/s1. The van der Waals surface area contributed by atoms with E-state index in [-0.39, 0.29) is 23.5 Å². The highest BCUT2D eigenvalue weighted by molar-refractivity contribution is 9.10. The molecular weight excluding hydrogens is 738 g/mol. The van der Waals surface area contributed by atoms with Gasteiger partial charge in [0.2, 0.25) is 11.8 Å². The highest BCUT2D eigenvalue weighted by Crippen LogP contribution is 2.37. The second-order valence-electron chi connectivity index (χ2n) is 14.4. The molecule has 1 N–H and O–H groups in total. The molecule has 5 aromatic rings. The van der Waals surface area contributed by atoms with Crippen LogP contribution >= 0.6 is 15.9 Å². The largest absolute Gasteiger partial charge is 0.467 e. The molecule has 2 aromatic heterocycles. The molecule has 0 spiro atoms. The van der Waals surface area contributed by atoms with Crippen molar-refractivity contribution in [3.63, 3.8) is 0 Å². The number of piperidine rings is 2. The van der Waals surface area contributed by atoms with Crippen LogP contribution in [0.25, 0.3) is 27.7 Å². The number of halogens is 1. The monoisotopic (exact) mass is 781 g/mol. The first-order valence-corrected chi connectivity index (χ1v) is 19.1. The van der Waals surface area contributed by atoms with Crippen molar-refractivity contribution in [2.75, 3.05) is 49.6 Å². The fourth-order valence-corrected chi connectivity index (χ4v) is 8.99. The van der Waals surface area contributed by atoms with Crippen molar-refractivity contribution in [3.05, 3.63) is 81.3 Å². The zero-order valence-electron chi connectivity index (χ0n) is 30.5. The summed E-state index contributed by atoms with van der Waals surface area (Å²) in [6.45, 7) is 7.18. The summed E-state index contributed by atoms with van der Waals surface area (Å²) < 4.78 is 10.9. The molecule has 3 saturated heterocycles. The number of aryl methyl sites for hydroxylation is 2. The summed E-state index contributed by atoms with van der Waals surface area (Å²) in [5, 5.41) is 12.5. The zero-order chi connectivity index (χ0) is 37.0. The maximum absolute atomic E-state index is 12.8. The zero-order valence-corrected chi connectivity index (χ0v) is 32.0. The van der Waals surface area contributed by atoms with Crippen LogP contribution in [0.1, 0.15) is 44.2 Å². The minimum absolute atomic E-state index is 0.211. The predicted molar refractivity (Wildman–Crippen MR) is 208 cm³/mol. The number of hydrogen-bond donors (Lipinski definition) is 1. The second kappa shape index (κ2) is 14.1. The number of hydrogen-bond acceptors (Lipinski definition) is 9. The van der Waals surface area contributed by atoms with Crippen LogP contribution in [0, 0.1) is 0 Å². The Kier molecular flexibility index (Phi) is 9.35. The van der Waals surface area contributed by atoms with Crippen molar-refractivity contribution < 1.29 is 14.3 Å². The van der Waals surface area contributed by atoms with Gasteiger partial charge in [0.15, 0.2) is 0 Å². The Balaban J connectivity index is 0.915. The molecule has 0 aliphatic carbocycles. The molecule has 1 unspecified atom stereocenters. The lowest BCUT2D eigenvalue weighted by Gasteiger charge is -2.47. The van der Waals surface area contributed by atoms with E-state index in [0.29, 0.717) is 30.6 Å². The van der Waals surface area contributed by atoms with Gasteiger partial charge in [0.1, 0.15) is 0 Å². The number of imide groups is 1. The third-order valence-electron chi connectivity index (χ3n) is 11.2. The first kappa shape index (κ1) is 35.1. The van der Waals surface area contributed by atoms with Crippen LogP contribution in [-0.4, -0.2) is 92.8 Å². The predicted octanol–water partition coefficient (Wildman–Crippen LogP) is 4.60. The average molecular weight is 783 g/mol. The van der Waals surface area contributed by atoms with Crippen LogP contribution < -0.4 is 25.5 Å². The highest BCUT2D eigenvalue weighted by atomic mass is 79.9. The van der Waals surface area contributed by atoms with Crippen LogP contribution in [0.15, 0.2) is 69.9 Å². The molecule has 3 aliphatic heterocycles. The Bertz CT molecular complexity index is 2250. The van der Waals surface area contributed by atoms with Crippen molar-refractivity contribution in [1.29, 1.82) is 0 Å². The third kappa shape index (κ3) is 6.41. The van der Waals surface area contributed by atoms with Gasteiger partial charge in [-0.2, -0.15) is 5.10 Å².